The number of halogens is 3. The van der Waals surface area contributed by atoms with Crippen molar-refractivity contribution >= 4 is 0 Å². The molecule has 1 N–H and O–H groups in total. The average Bonchev–Trinajstić information content (AvgIpc) is 2.15. The molecule has 1 heterocycles. The van der Waals surface area contributed by atoms with Gasteiger partial charge in [0.2, 0.25) is 0 Å². The molecule has 6 heteroatoms. The van der Waals surface area contributed by atoms with Crippen molar-refractivity contribution in [3.63, 3.8) is 0 Å². The second-order valence-corrected chi connectivity index (χ2v) is 3.32. The van der Waals surface area contributed by atoms with Gasteiger partial charge in [0.15, 0.2) is 0 Å². The van der Waals surface area contributed by atoms with E-state index in [0.717, 1.165) is 0 Å². The molecule has 1 aliphatic rings. The van der Waals surface area contributed by atoms with Gasteiger partial charge >= 0.3 is 6.18 Å². The normalized spacial score (nSPS) is 28.4. The second kappa shape index (κ2) is 4.15. The summed E-state index contributed by atoms with van der Waals surface area (Å²) < 4.78 is 40.7. The molecule has 0 radical (unpaired) electrons. The van der Waals surface area contributed by atoms with E-state index in [1.807, 2.05) is 6.07 Å². The molecule has 0 bridgehead atoms. The van der Waals surface area contributed by atoms with Gasteiger partial charge in [-0.05, 0) is 12.8 Å². The van der Waals surface area contributed by atoms with Crippen molar-refractivity contribution in [1.29, 1.82) is 5.26 Å². The number of hydrogen-bond acceptors (Lipinski definition) is 3. The van der Waals surface area contributed by atoms with Crippen LogP contribution < -0.4 is 5.32 Å². The van der Waals surface area contributed by atoms with E-state index in [1.54, 1.807) is 0 Å². The number of ether oxygens (including phenoxy) is 1. The summed E-state index contributed by atoms with van der Waals surface area (Å²) in [6.45, 7) is -0.610. The Hall–Kier alpha value is -0.800. The molecular weight excluding hydrogens is 197 g/mol. The number of nitrogens with one attached hydrogen (secondary N) is 1. The Morgan fingerprint density at radius 3 is 2.64 bits per heavy atom. The number of hydrogen-bond donors (Lipinski definition) is 1. The third-order valence-electron chi connectivity index (χ3n) is 2.08. The minimum atomic E-state index is -4.29. The first kappa shape index (κ1) is 11.3. The van der Waals surface area contributed by atoms with Crippen LogP contribution in [0.15, 0.2) is 0 Å². The van der Waals surface area contributed by atoms with Gasteiger partial charge in [-0.3, -0.25) is 5.32 Å². The monoisotopic (exact) mass is 208 g/mol. The highest BCUT2D eigenvalue weighted by Crippen LogP contribution is 2.21. The van der Waals surface area contributed by atoms with Crippen molar-refractivity contribution in [2.24, 2.45) is 0 Å². The molecule has 0 amide bonds. The fourth-order valence-electron chi connectivity index (χ4n) is 1.33. The molecule has 0 saturated carbocycles. The van der Waals surface area contributed by atoms with Gasteiger partial charge in [-0.2, -0.15) is 18.4 Å². The zero-order valence-corrected chi connectivity index (χ0v) is 7.52. The minimum Gasteiger partial charge on any atom is -0.378 e. The molecule has 0 spiro atoms. The first-order valence-corrected chi connectivity index (χ1v) is 4.28. The Bertz CT molecular complexity index is 228. The van der Waals surface area contributed by atoms with Gasteiger partial charge in [-0.1, -0.05) is 0 Å². The maximum atomic E-state index is 11.9. The van der Waals surface area contributed by atoms with Crippen LogP contribution in [0.4, 0.5) is 13.2 Å². The van der Waals surface area contributed by atoms with E-state index >= 15 is 0 Å². The molecule has 3 nitrogen and oxygen atoms in total. The lowest BCUT2D eigenvalue weighted by atomic mass is 9.94. The third-order valence-corrected chi connectivity index (χ3v) is 2.08. The highest BCUT2D eigenvalue weighted by Gasteiger charge is 2.37. The number of nitriles is 1. The predicted molar refractivity (Wildman–Crippen MR) is 42.5 cm³/mol. The summed E-state index contributed by atoms with van der Waals surface area (Å²) >= 11 is 0. The van der Waals surface area contributed by atoms with Crippen molar-refractivity contribution in [3.8, 4) is 6.07 Å². The van der Waals surface area contributed by atoms with Crippen LogP contribution in [0.25, 0.3) is 0 Å². The summed E-state index contributed by atoms with van der Waals surface area (Å²) in [6.07, 6.45) is -3.28. The van der Waals surface area contributed by atoms with Crippen molar-refractivity contribution in [2.45, 2.75) is 24.6 Å². The Labute approximate surface area is 79.8 Å². The molecule has 1 atom stereocenters. The topological polar surface area (TPSA) is 45.0 Å². The maximum Gasteiger partial charge on any atom is 0.401 e. The smallest absolute Gasteiger partial charge is 0.378 e. The van der Waals surface area contributed by atoms with Crippen LogP contribution in [0.3, 0.4) is 0 Å². The van der Waals surface area contributed by atoms with Gasteiger partial charge in [-0.15, -0.1) is 0 Å². The Kier molecular flexibility index (Phi) is 3.34. The van der Waals surface area contributed by atoms with Crippen LogP contribution in [0, 0.1) is 11.3 Å². The third kappa shape index (κ3) is 3.16. The lowest BCUT2D eigenvalue weighted by molar-refractivity contribution is -0.130. The molecule has 1 aliphatic heterocycles. The Morgan fingerprint density at radius 2 is 2.21 bits per heavy atom. The molecule has 0 aromatic carbocycles. The molecule has 0 aliphatic carbocycles. The minimum absolute atomic E-state index is 0.0274. The molecule has 1 unspecified atom stereocenters. The van der Waals surface area contributed by atoms with Gasteiger partial charge in [0.05, 0.1) is 19.2 Å². The highest BCUT2D eigenvalue weighted by molar-refractivity contribution is 5.08. The maximum absolute atomic E-state index is 11.9. The lowest BCUT2D eigenvalue weighted by Crippen LogP contribution is -2.53. The molecule has 0 aromatic rings. The average molecular weight is 208 g/mol. The first-order chi connectivity index (χ1) is 6.47. The van der Waals surface area contributed by atoms with Crippen LogP contribution in [-0.2, 0) is 4.74 Å². The van der Waals surface area contributed by atoms with Gasteiger partial charge < -0.3 is 4.74 Å². The van der Waals surface area contributed by atoms with E-state index in [0.29, 0.717) is 19.4 Å². The summed E-state index contributed by atoms with van der Waals surface area (Å²) in [7, 11) is 0. The number of alkyl halides is 3. The Balaban J connectivity index is 2.50. The predicted octanol–water partition coefficient (Wildman–Crippen LogP) is 1.21. The molecule has 14 heavy (non-hydrogen) atoms. The van der Waals surface area contributed by atoms with Gasteiger partial charge in [0, 0.05) is 6.61 Å². The Morgan fingerprint density at radius 1 is 1.50 bits per heavy atom. The van der Waals surface area contributed by atoms with Gasteiger partial charge in [0.25, 0.3) is 0 Å². The van der Waals surface area contributed by atoms with Crippen molar-refractivity contribution in [2.75, 3.05) is 19.8 Å². The standard InChI is InChI=1S/C8H11F3N2O/c9-8(10,11)5-13-7(4-12)2-1-3-14-6-7/h13H,1-3,5-6H2. The van der Waals surface area contributed by atoms with E-state index in [9.17, 15) is 13.2 Å². The van der Waals surface area contributed by atoms with E-state index < -0.39 is 18.3 Å². The van der Waals surface area contributed by atoms with Crippen molar-refractivity contribution in [3.05, 3.63) is 0 Å². The highest BCUT2D eigenvalue weighted by atomic mass is 19.4. The van der Waals surface area contributed by atoms with E-state index in [-0.39, 0.29) is 6.61 Å². The van der Waals surface area contributed by atoms with Crippen LogP contribution in [0.2, 0.25) is 0 Å². The fourth-order valence-corrected chi connectivity index (χ4v) is 1.33. The summed E-state index contributed by atoms with van der Waals surface area (Å²) in [5.74, 6) is 0. The van der Waals surface area contributed by atoms with Crippen LogP contribution in [0.5, 0.6) is 0 Å². The van der Waals surface area contributed by atoms with Crippen LogP contribution >= 0.6 is 0 Å². The zero-order chi connectivity index (χ0) is 10.7. The van der Waals surface area contributed by atoms with E-state index in [2.05, 4.69) is 5.32 Å². The van der Waals surface area contributed by atoms with E-state index in [4.69, 9.17) is 10.00 Å². The quantitative estimate of drug-likeness (QED) is 0.741. The number of rotatable bonds is 2. The summed E-state index contributed by atoms with van der Waals surface area (Å²) in [6, 6.07) is 1.85. The molecule has 0 aromatic heterocycles. The molecule has 80 valence electrons. The second-order valence-electron chi connectivity index (χ2n) is 3.32. The molecule has 1 fully saturated rings. The molecule has 1 rings (SSSR count). The van der Waals surface area contributed by atoms with E-state index in [1.165, 1.54) is 0 Å². The van der Waals surface area contributed by atoms with Crippen LogP contribution in [-0.4, -0.2) is 31.5 Å². The fraction of sp³-hybridized carbons (Fsp3) is 0.875. The molecule has 1 saturated heterocycles. The van der Waals surface area contributed by atoms with Gasteiger partial charge in [-0.25, -0.2) is 0 Å². The zero-order valence-electron chi connectivity index (χ0n) is 7.52. The summed E-state index contributed by atoms with van der Waals surface area (Å²) in [5.41, 5.74) is -1.16. The van der Waals surface area contributed by atoms with Gasteiger partial charge in [0.1, 0.15) is 5.54 Å². The number of nitrogens with zero attached hydrogens (tertiary/aromatic N) is 1. The largest absolute Gasteiger partial charge is 0.401 e. The summed E-state index contributed by atoms with van der Waals surface area (Å²) in [4.78, 5) is 0. The first-order valence-electron chi connectivity index (χ1n) is 4.28. The van der Waals surface area contributed by atoms with Crippen LogP contribution in [0.1, 0.15) is 12.8 Å². The lowest BCUT2D eigenvalue weighted by Gasteiger charge is -2.31. The van der Waals surface area contributed by atoms with Crippen molar-refractivity contribution < 1.29 is 17.9 Å². The SMILES string of the molecule is N#CC1(NCC(F)(F)F)CCCOC1. The summed E-state index contributed by atoms with van der Waals surface area (Å²) in [5, 5.41) is 11.0. The van der Waals surface area contributed by atoms with Crippen molar-refractivity contribution in [1.82, 2.24) is 5.32 Å². The molecular formula is C8H11F3N2O.